The first kappa shape index (κ1) is 13.2. The molecule has 0 saturated carbocycles. The monoisotopic (exact) mass is 222 g/mol. The first-order chi connectivity index (χ1) is 7.27. The van der Waals surface area contributed by atoms with Crippen molar-refractivity contribution in [3.63, 3.8) is 0 Å². The van der Waals surface area contributed by atoms with Gasteiger partial charge in [0, 0.05) is 0 Å². The van der Waals surface area contributed by atoms with Crippen molar-refractivity contribution in [3.05, 3.63) is 34.4 Å². The van der Waals surface area contributed by atoms with Crippen molar-refractivity contribution in [3.8, 4) is 0 Å². The van der Waals surface area contributed by atoms with Crippen molar-refractivity contribution < 1.29 is 4.39 Å². The summed E-state index contributed by atoms with van der Waals surface area (Å²) >= 11 is 0. The quantitative estimate of drug-likeness (QED) is 0.683. The van der Waals surface area contributed by atoms with Crippen LogP contribution in [0.3, 0.4) is 0 Å². The molecule has 1 aromatic carbocycles. The van der Waals surface area contributed by atoms with Gasteiger partial charge in [-0.15, -0.1) is 0 Å². The molecule has 1 heteroatoms. The van der Waals surface area contributed by atoms with Crippen LogP contribution >= 0.6 is 0 Å². The molecule has 16 heavy (non-hydrogen) atoms. The van der Waals surface area contributed by atoms with E-state index in [9.17, 15) is 4.39 Å². The molecule has 0 radical (unpaired) electrons. The zero-order valence-corrected chi connectivity index (χ0v) is 11.3. The molecule has 0 unspecified atom stereocenters. The first-order valence-electron chi connectivity index (χ1n) is 6.10. The predicted octanol–water partition coefficient (Wildman–Crippen LogP) is 4.89. The molecule has 1 aromatic rings. The Morgan fingerprint density at radius 3 is 2.19 bits per heavy atom. The standard InChI is InChI=1S/C15H23F/c1-7-12-8-13(10(2)3)11(4)14(9-12)15(5,6)16/h8-10H,7H2,1-6H3. The zero-order chi connectivity index (χ0) is 12.5. The summed E-state index contributed by atoms with van der Waals surface area (Å²) in [7, 11) is 0. The van der Waals surface area contributed by atoms with E-state index in [1.165, 1.54) is 11.1 Å². The highest BCUT2D eigenvalue weighted by atomic mass is 19.1. The highest BCUT2D eigenvalue weighted by Crippen LogP contribution is 2.33. The Morgan fingerprint density at radius 2 is 1.81 bits per heavy atom. The van der Waals surface area contributed by atoms with Crippen LogP contribution in [0.25, 0.3) is 0 Å². The number of hydrogen-bond donors (Lipinski definition) is 0. The molecule has 0 aliphatic carbocycles. The minimum absolute atomic E-state index is 0.451. The number of alkyl halides is 1. The smallest absolute Gasteiger partial charge is 0.130 e. The Kier molecular flexibility index (Phi) is 3.77. The van der Waals surface area contributed by atoms with Crippen molar-refractivity contribution in [1.29, 1.82) is 0 Å². The van der Waals surface area contributed by atoms with E-state index in [2.05, 4.69) is 26.8 Å². The molecule has 0 aliphatic rings. The van der Waals surface area contributed by atoms with E-state index >= 15 is 0 Å². The number of hydrogen-bond acceptors (Lipinski definition) is 0. The van der Waals surface area contributed by atoms with E-state index in [1.807, 2.05) is 13.0 Å². The van der Waals surface area contributed by atoms with Crippen molar-refractivity contribution in [2.45, 2.75) is 59.5 Å². The van der Waals surface area contributed by atoms with Gasteiger partial charge in [-0.1, -0.05) is 32.9 Å². The van der Waals surface area contributed by atoms with Gasteiger partial charge in [0.25, 0.3) is 0 Å². The van der Waals surface area contributed by atoms with Crippen molar-refractivity contribution in [2.24, 2.45) is 0 Å². The zero-order valence-electron chi connectivity index (χ0n) is 11.3. The lowest BCUT2D eigenvalue weighted by atomic mass is 9.86. The average molecular weight is 222 g/mol. The molecule has 0 amide bonds. The summed E-state index contributed by atoms with van der Waals surface area (Å²) in [4.78, 5) is 0. The van der Waals surface area contributed by atoms with Crippen LogP contribution in [0.15, 0.2) is 12.1 Å². The maximum Gasteiger partial charge on any atom is 0.130 e. The SMILES string of the molecule is CCc1cc(C(C)C)c(C)c(C(C)(C)F)c1. The molecule has 0 atom stereocenters. The van der Waals surface area contributed by atoms with E-state index in [1.54, 1.807) is 13.8 Å². The Hall–Kier alpha value is -0.850. The van der Waals surface area contributed by atoms with Crippen LogP contribution in [0.2, 0.25) is 0 Å². The van der Waals surface area contributed by atoms with Crippen molar-refractivity contribution in [1.82, 2.24) is 0 Å². The molecule has 0 aromatic heterocycles. The maximum atomic E-state index is 14.1. The predicted molar refractivity (Wildman–Crippen MR) is 68.8 cm³/mol. The summed E-state index contributed by atoms with van der Waals surface area (Å²) in [5, 5.41) is 0. The lowest BCUT2D eigenvalue weighted by Crippen LogP contribution is -2.13. The fourth-order valence-electron chi connectivity index (χ4n) is 2.22. The fourth-order valence-corrected chi connectivity index (χ4v) is 2.22. The van der Waals surface area contributed by atoms with Gasteiger partial charge in [0.1, 0.15) is 5.67 Å². The van der Waals surface area contributed by atoms with Crippen LogP contribution in [0.1, 0.15) is 62.8 Å². The average Bonchev–Trinajstić information content (AvgIpc) is 2.15. The van der Waals surface area contributed by atoms with Gasteiger partial charge in [0.05, 0.1) is 0 Å². The second-order valence-electron chi connectivity index (χ2n) is 5.34. The largest absolute Gasteiger partial charge is 0.239 e. The van der Waals surface area contributed by atoms with Crippen LogP contribution < -0.4 is 0 Å². The van der Waals surface area contributed by atoms with Gasteiger partial charge >= 0.3 is 0 Å². The first-order valence-corrected chi connectivity index (χ1v) is 6.10. The Morgan fingerprint density at radius 1 is 1.25 bits per heavy atom. The summed E-state index contributed by atoms with van der Waals surface area (Å²) in [6.07, 6.45) is 0.961. The number of aryl methyl sites for hydroxylation is 1. The summed E-state index contributed by atoms with van der Waals surface area (Å²) < 4.78 is 14.1. The lowest BCUT2D eigenvalue weighted by molar-refractivity contribution is 0.220. The molecule has 0 nitrogen and oxygen atoms in total. The van der Waals surface area contributed by atoms with Crippen molar-refractivity contribution >= 4 is 0 Å². The second kappa shape index (κ2) is 4.57. The van der Waals surface area contributed by atoms with Crippen molar-refractivity contribution in [2.75, 3.05) is 0 Å². The molecule has 90 valence electrons. The molecule has 0 heterocycles. The lowest BCUT2D eigenvalue weighted by Gasteiger charge is -2.23. The molecule has 0 N–H and O–H groups in total. The van der Waals surface area contributed by atoms with Gasteiger partial charge < -0.3 is 0 Å². The van der Waals surface area contributed by atoms with Crippen LogP contribution in [0.5, 0.6) is 0 Å². The van der Waals surface area contributed by atoms with Crippen LogP contribution in [-0.2, 0) is 12.1 Å². The van der Waals surface area contributed by atoms with E-state index in [0.717, 1.165) is 17.5 Å². The Balaban J connectivity index is 3.44. The molecular formula is C15H23F. The minimum atomic E-state index is -1.25. The maximum absolute atomic E-state index is 14.1. The van der Waals surface area contributed by atoms with Gasteiger partial charge in [-0.05, 0) is 55.4 Å². The van der Waals surface area contributed by atoms with E-state index in [0.29, 0.717) is 5.92 Å². The normalized spacial score (nSPS) is 12.2. The van der Waals surface area contributed by atoms with E-state index in [-0.39, 0.29) is 0 Å². The number of halogens is 1. The topological polar surface area (TPSA) is 0 Å². The Bertz CT molecular complexity index is 370. The molecular weight excluding hydrogens is 199 g/mol. The van der Waals surface area contributed by atoms with Crippen LogP contribution in [-0.4, -0.2) is 0 Å². The highest BCUT2D eigenvalue weighted by Gasteiger charge is 2.23. The molecule has 0 aliphatic heterocycles. The number of rotatable bonds is 3. The second-order valence-corrected chi connectivity index (χ2v) is 5.34. The van der Waals surface area contributed by atoms with Gasteiger partial charge in [0.2, 0.25) is 0 Å². The molecule has 0 spiro atoms. The molecule has 1 rings (SSSR count). The third-order valence-corrected chi connectivity index (χ3v) is 3.18. The molecule has 0 fully saturated rings. The third-order valence-electron chi connectivity index (χ3n) is 3.18. The number of benzene rings is 1. The molecule has 0 bridgehead atoms. The fraction of sp³-hybridized carbons (Fsp3) is 0.600. The van der Waals surface area contributed by atoms with Gasteiger partial charge in [-0.2, -0.15) is 0 Å². The van der Waals surface area contributed by atoms with Gasteiger partial charge in [-0.25, -0.2) is 4.39 Å². The highest BCUT2D eigenvalue weighted by molar-refractivity contribution is 5.42. The summed E-state index contributed by atoms with van der Waals surface area (Å²) in [6, 6.07) is 4.23. The van der Waals surface area contributed by atoms with Gasteiger partial charge in [-0.3, -0.25) is 0 Å². The summed E-state index contributed by atoms with van der Waals surface area (Å²) in [5.74, 6) is 0.451. The third kappa shape index (κ3) is 2.63. The minimum Gasteiger partial charge on any atom is -0.239 e. The Labute approximate surface area is 98.9 Å². The molecule has 0 saturated heterocycles. The van der Waals surface area contributed by atoms with E-state index < -0.39 is 5.67 Å². The summed E-state index contributed by atoms with van der Waals surface area (Å²) in [5.41, 5.74) is 3.21. The van der Waals surface area contributed by atoms with Crippen LogP contribution in [0, 0.1) is 6.92 Å². The van der Waals surface area contributed by atoms with Crippen LogP contribution in [0.4, 0.5) is 4.39 Å². The summed E-state index contributed by atoms with van der Waals surface area (Å²) in [6.45, 7) is 11.8. The van der Waals surface area contributed by atoms with E-state index in [4.69, 9.17) is 0 Å². The van der Waals surface area contributed by atoms with Gasteiger partial charge in [0.15, 0.2) is 0 Å².